The number of fused-ring (bicyclic) bond motifs is 1. The first-order valence-electron chi connectivity index (χ1n) is 8.88. The van der Waals surface area contributed by atoms with Crippen LogP contribution in [0.5, 0.6) is 0 Å². The van der Waals surface area contributed by atoms with Gasteiger partial charge in [0.1, 0.15) is 0 Å². The van der Waals surface area contributed by atoms with E-state index in [0.29, 0.717) is 3.63 Å². The van der Waals surface area contributed by atoms with Crippen molar-refractivity contribution in [3.05, 3.63) is 64.7 Å². The summed E-state index contributed by atoms with van der Waals surface area (Å²) in [6, 6.07) is 16.1. The first-order valence-corrected chi connectivity index (χ1v) is 10.3. The third-order valence-electron chi connectivity index (χ3n) is 4.77. The Morgan fingerprint density at radius 1 is 0.913 bits per heavy atom. The molecule has 2 aromatic rings. The number of unbranched alkanes of at least 4 members (excludes halogenated alkanes) is 1. The summed E-state index contributed by atoms with van der Waals surface area (Å²) >= 11 is 1.62. The van der Waals surface area contributed by atoms with Crippen LogP contribution in [0.25, 0.3) is 17.2 Å². The zero-order valence-corrected chi connectivity index (χ0v) is 16.7. The molecule has 1 aliphatic carbocycles. The first-order chi connectivity index (χ1) is 11.2. The molecular weight excluding hydrogens is 355 g/mol. The Morgan fingerprint density at radius 2 is 1.70 bits per heavy atom. The Hall–Kier alpha value is -0.937. The average molecular weight is 381 g/mol. The van der Waals surface area contributed by atoms with Gasteiger partial charge in [-0.05, 0) is 0 Å². The molecule has 0 saturated carbocycles. The Kier molecular flexibility index (Phi) is 5.70. The van der Waals surface area contributed by atoms with Crippen LogP contribution in [-0.4, -0.2) is 0 Å². The van der Waals surface area contributed by atoms with Gasteiger partial charge >= 0.3 is 156 Å². The summed E-state index contributed by atoms with van der Waals surface area (Å²) < 4.78 is 0.670. The fourth-order valence-electron chi connectivity index (χ4n) is 3.45. The van der Waals surface area contributed by atoms with Crippen molar-refractivity contribution in [1.82, 2.24) is 0 Å². The van der Waals surface area contributed by atoms with Crippen LogP contribution in [0.1, 0.15) is 59.8 Å². The molecule has 117 valence electrons. The van der Waals surface area contributed by atoms with E-state index < -0.39 is 0 Å². The first kappa shape index (κ1) is 16.9. The summed E-state index contributed by atoms with van der Waals surface area (Å²) in [6.45, 7) is 4.52. The molecule has 1 aliphatic rings. The van der Waals surface area contributed by atoms with Crippen molar-refractivity contribution in [2.24, 2.45) is 0 Å². The van der Waals surface area contributed by atoms with Crippen LogP contribution in [0.4, 0.5) is 0 Å². The molecule has 1 atom stereocenters. The number of hydrogen-bond acceptors (Lipinski definition) is 0. The van der Waals surface area contributed by atoms with Crippen LogP contribution in [-0.2, 0) is 31.1 Å². The second-order valence-corrected chi connectivity index (χ2v) is 7.93. The summed E-state index contributed by atoms with van der Waals surface area (Å²) in [7, 11) is 0. The number of hydrogen-bond donors (Lipinski definition) is 0. The molecule has 2 aromatic carbocycles. The number of rotatable bonds is 6. The zero-order valence-electron chi connectivity index (χ0n) is 14.2. The van der Waals surface area contributed by atoms with E-state index >= 15 is 0 Å². The van der Waals surface area contributed by atoms with E-state index in [0.717, 1.165) is 0 Å². The molecule has 23 heavy (non-hydrogen) atoms. The zero-order chi connectivity index (χ0) is 16.2. The summed E-state index contributed by atoms with van der Waals surface area (Å²) in [5, 5.41) is 0. The molecule has 1 unspecified atom stereocenters. The molecule has 0 N–H and O–H groups in total. The third-order valence-corrected chi connectivity index (χ3v) is 6.45. The molecular formula is C22H25Zr. The van der Waals surface area contributed by atoms with Crippen LogP contribution in [0.2, 0.25) is 0 Å². The summed E-state index contributed by atoms with van der Waals surface area (Å²) in [5.74, 6) is 0. The van der Waals surface area contributed by atoms with Crippen LogP contribution >= 0.6 is 0 Å². The second kappa shape index (κ2) is 7.76. The number of aryl methyl sites for hydroxylation is 1. The normalized spacial score (nSPS) is 16.2. The quantitative estimate of drug-likeness (QED) is 0.538. The Bertz CT molecular complexity index is 694. The molecule has 1 heteroatoms. The van der Waals surface area contributed by atoms with Gasteiger partial charge in [-0.15, -0.1) is 0 Å². The van der Waals surface area contributed by atoms with E-state index in [2.05, 4.69) is 62.4 Å². The molecule has 0 fully saturated rings. The summed E-state index contributed by atoms with van der Waals surface area (Å²) in [6.07, 6.45) is 8.72. The van der Waals surface area contributed by atoms with Crippen LogP contribution in [0, 0.1) is 0 Å². The summed E-state index contributed by atoms with van der Waals surface area (Å²) in [5.41, 5.74) is 8.88. The van der Waals surface area contributed by atoms with Crippen LogP contribution < -0.4 is 0 Å². The van der Waals surface area contributed by atoms with E-state index in [1.54, 1.807) is 35.9 Å². The molecule has 0 amide bonds. The predicted octanol–water partition coefficient (Wildman–Crippen LogP) is 6.48. The maximum atomic E-state index is 2.49. The monoisotopic (exact) mass is 379 g/mol. The molecule has 0 saturated heterocycles. The Labute approximate surface area is 155 Å². The molecule has 0 aromatic heterocycles. The Balaban J connectivity index is 1.95. The van der Waals surface area contributed by atoms with Crippen molar-refractivity contribution in [1.29, 1.82) is 0 Å². The van der Waals surface area contributed by atoms with Crippen molar-refractivity contribution in [3.8, 4) is 11.1 Å². The van der Waals surface area contributed by atoms with Gasteiger partial charge in [0, 0.05) is 0 Å². The molecule has 3 rings (SSSR count). The Morgan fingerprint density at radius 3 is 2.39 bits per heavy atom. The predicted molar refractivity (Wildman–Crippen MR) is 96.1 cm³/mol. The van der Waals surface area contributed by atoms with E-state index in [4.69, 9.17) is 0 Å². The molecule has 0 nitrogen and oxygen atoms in total. The van der Waals surface area contributed by atoms with Crippen molar-refractivity contribution >= 4 is 6.08 Å². The van der Waals surface area contributed by atoms with E-state index in [-0.39, 0.29) is 0 Å². The second-order valence-electron chi connectivity index (χ2n) is 6.51. The fourth-order valence-corrected chi connectivity index (χ4v) is 4.63. The van der Waals surface area contributed by atoms with Gasteiger partial charge in [0.25, 0.3) is 0 Å². The van der Waals surface area contributed by atoms with Gasteiger partial charge in [-0.2, -0.15) is 0 Å². The van der Waals surface area contributed by atoms with Crippen molar-refractivity contribution in [3.63, 3.8) is 0 Å². The molecule has 0 radical (unpaired) electrons. The maximum absolute atomic E-state index is 2.49. The van der Waals surface area contributed by atoms with Crippen LogP contribution in [0.15, 0.2) is 48.0 Å². The third kappa shape index (κ3) is 3.61. The average Bonchev–Trinajstić information content (AvgIpc) is 2.90. The van der Waals surface area contributed by atoms with Gasteiger partial charge < -0.3 is 0 Å². The molecule has 0 aliphatic heterocycles. The molecule has 0 heterocycles. The van der Waals surface area contributed by atoms with E-state index in [9.17, 15) is 0 Å². The number of benzene rings is 2. The minimum absolute atomic E-state index is 0.670. The molecule has 0 spiro atoms. The van der Waals surface area contributed by atoms with Gasteiger partial charge in [-0.25, -0.2) is 0 Å². The van der Waals surface area contributed by atoms with Crippen molar-refractivity contribution < 1.29 is 24.7 Å². The van der Waals surface area contributed by atoms with Gasteiger partial charge in [0.05, 0.1) is 0 Å². The van der Waals surface area contributed by atoms with Crippen molar-refractivity contribution in [2.45, 2.75) is 49.6 Å². The van der Waals surface area contributed by atoms with E-state index in [1.807, 2.05) is 0 Å². The van der Waals surface area contributed by atoms with Crippen molar-refractivity contribution in [2.75, 3.05) is 0 Å². The van der Waals surface area contributed by atoms with Gasteiger partial charge in [0.15, 0.2) is 0 Å². The molecule has 0 bridgehead atoms. The van der Waals surface area contributed by atoms with Gasteiger partial charge in [0.2, 0.25) is 0 Å². The van der Waals surface area contributed by atoms with Gasteiger partial charge in [-0.1, -0.05) is 0 Å². The number of allylic oxidation sites excluding steroid dienone is 1. The topological polar surface area (TPSA) is 0 Å². The van der Waals surface area contributed by atoms with E-state index in [1.165, 1.54) is 54.4 Å². The standard InChI is InChI=1S/C22H25.Zr/c1-3-5-8-18-15-20-9-6-10-21(22(20)16-18)19-13-11-17(7-4-2)12-14-19;/h6,9-16H,3-5,7-8H2,1-2H3;. The fraction of sp³-hybridized carbons (Fsp3) is 0.364. The van der Waals surface area contributed by atoms with Crippen LogP contribution in [0.3, 0.4) is 0 Å². The van der Waals surface area contributed by atoms with Gasteiger partial charge in [-0.3, -0.25) is 0 Å². The minimum atomic E-state index is 0.670. The summed E-state index contributed by atoms with van der Waals surface area (Å²) in [4.78, 5) is 0. The SMILES string of the molecule is CCCCC1=Cc2c(-c3ccc(CCC)cc3)cccc2[CH]1[Zr].